The smallest absolute Gasteiger partial charge is 0.407 e. The number of alkyl carbamates (subject to hydrolysis) is 1. The highest BCUT2D eigenvalue weighted by molar-refractivity contribution is 5.90. The molecule has 0 saturated heterocycles. The monoisotopic (exact) mass is 543 g/mol. The van der Waals surface area contributed by atoms with E-state index in [0.29, 0.717) is 6.42 Å². The maximum atomic E-state index is 13.0. The van der Waals surface area contributed by atoms with Crippen molar-refractivity contribution >= 4 is 17.8 Å². The quantitative estimate of drug-likeness (QED) is 0.312. The topological polar surface area (TPSA) is 90.9 Å². The standard InChI is InChI=1S/C33H37NO6/c1-21(30(35)19-23(31(36)38-5)18-22-14-16-24(17-15-22)40-33(2,3)4)34-32(37)39-20-29-27-12-8-6-10-25(27)26-11-7-9-13-28(26)29/h6-17,21,23,29H,18-20H2,1-5H3,(H,34,37)/t21-,23?/m0/s1. The van der Waals surface area contributed by atoms with Crippen LogP contribution in [0.5, 0.6) is 5.75 Å². The minimum absolute atomic E-state index is 0.0717. The van der Waals surface area contributed by atoms with E-state index >= 15 is 0 Å². The summed E-state index contributed by atoms with van der Waals surface area (Å²) in [6, 6.07) is 22.8. The first kappa shape index (κ1) is 28.9. The van der Waals surface area contributed by atoms with Gasteiger partial charge >= 0.3 is 12.1 Å². The number of hydrogen-bond donors (Lipinski definition) is 1. The molecule has 1 aliphatic carbocycles. The summed E-state index contributed by atoms with van der Waals surface area (Å²) in [6.45, 7) is 7.66. The SMILES string of the molecule is COC(=O)C(CC(=O)[C@H](C)NC(=O)OCC1c2ccccc2-c2ccccc21)Cc1ccc(OC(C)(C)C)cc1. The lowest BCUT2D eigenvalue weighted by molar-refractivity contribution is -0.147. The highest BCUT2D eigenvalue weighted by atomic mass is 16.5. The molecule has 0 aliphatic heterocycles. The van der Waals surface area contributed by atoms with Crippen molar-refractivity contribution in [2.75, 3.05) is 13.7 Å². The first-order valence-electron chi connectivity index (χ1n) is 13.6. The Morgan fingerprint density at radius 1 is 0.875 bits per heavy atom. The molecule has 1 N–H and O–H groups in total. The minimum atomic E-state index is -0.828. The molecule has 7 heteroatoms. The van der Waals surface area contributed by atoms with Gasteiger partial charge in [0.05, 0.1) is 19.1 Å². The highest BCUT2D eigenvalue weighted by Crippen LogP contribution is 2.44. The van der Waals surface area contributed by atoms with Crippen LogP contribution >= 0.6 is 0 Å². The predicted molar refractivity (Wildman–Crippen MR) is 153 cm³/mol. The van der Waals surface area contributed by atoms with Crippen molar-refractivity contribution in [3.8, 4) is 16.9 Å². The van der Waals surface area contributed by atoms with Gasteiger partial charge in [-0.1, -0.05) is 60.7 Å². The molecule has 40 heavy (non-hydrogen) atoms. The fraction of sp³-hybridized carbons (Fsp3) is 0.364. The molecule has 2 atom stereocenters. The fourth-order valence-electron chi connectivity index (χ4n) is 5.05. The van der Waals surface area contributed by atoms with Crippen molar-refractivity contribution in [1.29, 1.82) is 0 Å². The number of hydrogen-bond acceptors (Lipinski definition) is 6. The molecule has 7 nitrogen and oxygen atoms in total. The van der Waals surface area contributed by atoms with Crippen LogP contribution in [-0.4, -0.2) is 43.2 Å². The summed E-state index contributed by atoms with van der Waals surface area (Å²) in [7, 11) is 1.30. The van der Waals surface area contributed by atoms with E-state index in [1.54, 1.807) is 6.92 Å². The minimum Gasteiger partial charge on any atom is -0.488 e. The van der Waals surface area contributed by atoms with E-state index in [9.17, 15) is 14.4 Å². The van der Waals surface area contributed by atoms with Crippen LogP contribution in [-0.2, 0) is 25.5 Å². The fourth-order valence-corrected chi connectivity index (χ4v) is 5.05. The number of esters is 1. The van der Waals surface area contributed by atoms with Crippen LogP contribution in [0.25, 0.3) is 11.1 Å². The van der Waals surface area contributed by atoms with E-state index in [2.05, 4.69) is 17.4 Å². The Hall–Kier alpha value is -4.13. The van der Waals surface area contributed by atoms with E-state index in [0.717, 1.165) is 33.6 Å². The predicted octanol–water partition coefficient (Wildman–Crippen LogP) is 6.08. The maximum absolute atomic E-state index is 13.0. The summed E-state index contributed by atoms with van der Waals surface area (Å²) < 4.78 is 16.4. The molecule has 1 amide bonds. The van der Waals surface area contributed by atoms with Gasteiger partial charge in [-0.05, 0) is 74.1 Å². The van der Waals surface area contributed by atoms with E-state index < -0.39 is 24.0 Å². The van der Waals surface area contributed by atoms with E-state index in [1.807, 2.05) is 81.4 Å². The van der Waals surface area contributed by atoms with Gasteiger partial charge in [-0.15, -0.1) is 0 Å². The third-order valence-electron chi connectivity index (χ3n) is 6.97. The van der Waals surface area contributed by atoms with Gasteiger partial charge in [0.1, 0.15) is 18.0 Å². The third-order valence-corrected chi connectivity index (χ3v) is 6.97. The van der Waals surface area contributed by atoms with Crippen LogP contribution in [0.1, 0.15) is 56.7 Å². The Kier molecular flexibility index (Phi) is 8.93. The summed E-state index contributed by atoms with van der Waals surface area (Å²) in [6.07, 6.45) is -0.421. The normalized spacial score (nSPS) is 13.9. The second-order valence-corrected chi connectivity index (χ2v) is 11.1. The van der Waals surface area contributed by atoms with Crippen molar-refractivity contribution in [3.63, 3.8) is 0 Å². The van der Waals surface area contributed by atoms with Crippen LogP contribution in [0, 0.1) is 5.92 Å². The van der Waals surface area contributed by atoms with E-state index in [1.165, 1.54) is 7.11 Å². The molecular formula is C33H37NO6. The van der Waals surface area contributed by atoms with Crippen molar-refractivity contribution in [1.82, 2.24) is 5.32 Å². The average molecular weight is 544 g/mol. The van der Waals surface area contributed by atoms with E-state index in [-0.39, 0.29) is 30.3 Å². The number of amides is 1. The summed E-state index contributed by atoms with van der Waals surface area (Å²) in [5.41, 5.74) is 5.06. The molecule has 0 fully saturated rings. The molecule has 0 heterocycles. The zero-order valence-electron chi connectivity index (χ0n) is 23.7. The average Bonchev–Trinajstić information content (AvgIpc) is 3.24. The Labute approximate surface area is 235 Å². The lowest BCUT2D eigenvalue weighted by atomic mass is 9.92. The number of Topliss-reactive ketones (excluding diaryl/α,β-unsaturated/α-hetero) is 1. The molecule has 0 saturated carbocycles. The summed E-state index contributed by atoms with van der Waals surface area (Å²) in [4.78, 5) is 38.1. The summed E-state index contributed by atoms with van der Waals surface area (Å²) >= 11 is 0. The number of nitrogens with one attached hydrogen (secondary N) is 1. The van der Waals surface area contributed by atoms with Crippen molar-refractivity contribution in [2.45, 2.75) is 58.1 Å². The molecule has 3 aromatic rings. The van der Waals surface area contributed by atoms with Gasteiger partial charge in [0.25, 0.3) is 0 Å². The third kappa shape index (κ3) is 7.08. The second-order valence-electron chi connectivity index (χ2n) is 11.1. The summed E-state index contributed by atoms with van der Waals surface area (Å²) in [5, 5.41) is 2.63. The largest absolute Gasteiger partial charge is 0.488 e. The number of carbonyl (C=O) groups excluding carboxylic acids is 3. The number of carbonyl (C=O) groups is 3. The molecule has 3 aromatic carbocycles. The number of ether oxygens (including phenoxy) is 3. The van der Waals surface area contributed by atoms with Gasteiger partial charge in [0, 0.05) is 12.3 Å². The maximum Gasteiger partial charge on any atom is 0.407 e. The molecule has 210 valence electrons. The number of fused-ring (bicyclic) bond motifs is 3. The zero-order valence-corrected chi connectivity index (χ0v) is 23.7. The van der Waals surface area contributed by atoms with Gasteiger partial charge in [0.2, 0.25) is 0 Å². The van der Waals surface area contributed by atoms with Crippen LogP contribution < -0.4 is 10.1 Å². The lowest BCUT2D eigenvalue weighted by Gasteiger charge is -2.21. The molecule has 1 unspecified atom stereocenters. The van der Waals surface area contributed by atoms with Gasteiger partial charge in [-0.2, -0.15) is 0 Å². The Balaban J connectivity index is 1.33. The van der Waals surface area contributed by atoms with Gasteiger partial charge in [-0.3, -0.25) is 9.59 Å². The van der Waals surface area contributed by atoms with Crippen LogP contribution in [0.15, 0.2) is 72.8 Å². The van der Waals surface area contributed by atoms with Crippen LogP contribution in [0.4, 0.5) is 4.79 Å². The van der Waals surface area contributed by atoms with Crippen molar-refractivity contribution in [2.24, 2.45) is 5.92 Å². The van der Waals surface area contributed by atoms with Gasteiger partial charge in [-0.25, -0.2) is 4.79 Å². The molecule has 1 aliphatic rings. The van der Waals surface area contributed by atoms with Gasteiger partial charge in [0.15, 0.2) is 5.78 Å². The lowest BCUT2D eigenvalue weighted by Crippen LogP contribution is -2.40. The molecule has 0 radical (unpaired) electrons. The first-order valence-corrected chi connectivity index (χ1v) is 13.6. The Morgan fingerprint density at radius 3 is 2.00 bits per heavy atom. The van der Waals surface area contributed by atoms with Crippen molar-refractivity contribution in [3.05, 3.63) is 89.5 Å². The van der Waals surface area contributed by atoms with Crippen LogP contribution in [0.2, 0.25) is 0 Å². The molecular weight excluding hydrogens is 506 g/mol. The van der Waals surface area contributed by atoms with Crippen molar-refractivity contribution < 1.29 is 28.6 Å². The molecule has 0 aromatic heterocycles. The Morgan fingerprint density at radius 2 is 1.45 bits per heavy atom. The van der Waals surface area contributed by atoms with E-state index in [4.69, 9.17) is 14.2 Å². The second kappa shape index (κ2) is 12.4. The Bertz CT molecular complexity index is 1310. The highest BCUT2D eigenvalue weighted by Gasteiger charge is 2.30. The first-order chi connectivity index (χ1) is 19.1. The number of ketones is 1. The molecule has 4 rings (SSSR count). The zero-order chi connectivity index (χ0) is 28.9. The number of methoxy groups -OCH3 is 1. The molecule has 0 bridgehead atoms. The number of benzene rings is 3. The van der Waals surface area contributed by atoms with Gasteiger partial charge < -0.3 is 19.5 Å². The van der Waals surface area contributed by atoms with Crippen LogP contribution in [0.3, 0.4) is 0 Å². The number of rotatable bonds is 10. The molecule has 0 spiro atoms. The summed E-state index contributed by atoms with van der Waals surface area (Å²) in [5.74, 6) is -0.789.